The Morgan fingerprint density at radius 1 is 1.03 bits per heavy atom. The molecule has 8 nitrogen and oxygen atoms in total. The zero-order valence-corrected chi connectivity index (χ0v) is 23.0. The smallest absolute Gasteiger partial charge is 0.225 e. The molecule has 4 heterocycles. The van der Waals surface area contributed by atoms with E-state index in [2.05, 4.69) is 50.7 Å². The average Bonchev–Trinajstić information content (AvgIpc) is 3.67. The number of carbonyl (C=O) groups is 1. The van der Waals surface area contributed by atoms with Crippen molar-refractivity contribution in [2.75, 3.05) is 26.3 Å². The number of nitrogens with one attached hydrogen (secondary N) is 2. The summed E-state index contributed by atoms with van der Waals surface area (Å²) in [5.74, 6) is 1.38. The quantitative estimate of drug-likeness (QED) is 0.527. The van der Waals surface area contributed by atoms with Crippen LogP contribution in [0, 0.1) is 17.8 Å². The third kappa shape index (κ3) is 4.83. The number of piperidine rings is 1. The van der Waals surface area contributed by atoms with Crippen molar-refractivity contribution < 1.29 is 14.4 Å². The highest BCUT2D eigenvalue weighted by molar-refractivity contribution is 5.80. The number of amides is 1. The summed E-state index contributed by atoms with van der Waals surface area (Å²) < 4.78 is 7.78. The summed E-state index contributed by atoms with van der Waals surface area (Å²) in [5, 5.41) is 9.85. The Balaban J connectivity index is 1.14. The van der Waals surface area contributed by atoms with Crippen LogP contribution in [0.15, 0.2) is 36.5 Å². The molecule has 4 atom stereocenters. The first-order valence-corrected chi connectivity index (χ1v) is 15.4. The maximum absolute atomic E-state index is 13.0. The van der Waals surface area contributed by atoms with Crippen LogP contribution in [-0.4, -0.2) is 52.6 Å². The lowest BCUT2D eigenvalue weighted by Crippen LogP contribution is -2.62. The molecule has 3 saturated heterocycles. The Morgan fingerprint density at radius 2 is 1.92 bits per heavy atom. The van der Waals surface area contributed by atoms with Crippen LogP contribution in [0.4, 0.5) is 0 Å². The molecule has 7 rings (SSSR count). The number of ether oxygens (including phenoxy) is 1. The number of carbonyl (C=O) groups excluding carboxylic acids is 1. The molecule has 8 heteroatoms. The lowest BCUT2D eigenvalue weighted by Gasteiger charge is -2.46. The molecule has 1 saturated carbocycles. The van der Waals surface area contributed by atoms with Gasteiger partial charge in [-0.25, -0.2) is 0 Å². The second-order valence-electron chi connectivity index (χ2n) is 12.4. The molecule has 2 N–H and O–H groups in total. The highest BCUT2D eigenvalue weighted by atomic mass is 16.7. The largest absolute Gasteiger partial charge is 0.379 e. The van der Waals surface area contributed by atoms with Crippen LogP contribution < -0.4 is 10.8 Å². The van der Waals surface area contributed by atoms with Gasteiger partial charge in [-0.2, -0.15) is 10.6 Å². The minimum absolute atomic E-state index is 0.244. The summed E-state index contributed by atoms with van der Waals surface area (Å²) in [6.07, 6.45) is 19.0. The predicted molar refractivity (Wildman–Crippen MR) is 149 cm³/mol. The van der Waals surface area contributed by atoms with E-state index < -0.39 is 0 Å². The van der Waals surface area contributed by atoms with Crippen molar-refractivity contribution in [3.05, 3.63) is 42.1 Å². The molecule has 0 spiro atoms. The molecule has 1 amide bonds. The average molecular weight is 534 g/mol. The third-order valence-corrected chi connectivity index (χ3v) is 10.1. The van der Waals surface area contributed by atoms with Gasteiger partial charge < -0.3 is 9.64 Å². The summed E-state index contributed by atoms with van der Waals surface area (Å²) in [5.41, 5.74) is 5.50. The molecule has 2 aromatic rings. The summed E-state index contributed by atoms with van der Waals surface area (Å²) in [4.78, 5) is 21.5. The van der Waals surface area contributed by atoms with E-state index in [1.165, 1.54) is 25.7 Å². The summed E-state index contributed by atoms with van der Waals surface area (Å²) >= 11 is 0. The van der Waals surface area contributed by atoms with Crippen molar-refractivity contribution >= 4 is 16.8 Å². The Bertz CT molecular complexity index is 1190. The van der Waals surface area contributed by atoms with Gasteiger partial charge in [0.05, 0.1) is 24.4 Å². The Morgan fingerprint density at radius 3 is 2.72 bits per heavy atom. The van der Waals surface area contributed by atoms with Gasteiger partial charge >= 0.3 is 0 Å². The van der Waals surface area contributed by atoms with Crippen molar-refractivity contribution in [1.82, 2.24) is 25.5 Å². The number of hydrogen-bond donors (Lipinski definition) is 2. The fourth-order valence-electron chi connectivity index (χ4n) is 7.50. The molecular weight excluding hydrogens is 490 g/mol. The van der Waals surface area contributed by atoms with Gasteiger partial charge in [-0.3, -0.25) is 19.6 Å². The number of hydrogen-bond acceptors (Lipinski definition) is 6. The van der Waals surface area contributed by atoms with Crippen molar-refractivity contribution in [3.8, 4) is 0 Å². The van der Waals surface area contributed by atoms with Gasteiger partial charge in [-0.1, -0.05) is 43.5 Å². The first-order chi connectivity index (χ1) is 19.2. The molecule has 0 radical (unpaired) electrons. The van der Waals surface area contributed by atoms with Crippen LogP contribution in [0.5, 0.6) is 0 Å². The van der Waals surface area contributed by atoms with E-state index in [1.54, 1.807) is 0 Å². The predicted octanol–water partition coefficient (Wildman–Crippen LogP) is 4.99. The van der Waals surface area contributed by atoms with E-state index in [0.29, 0.717) is 23.8 Å². The molecule has 5 aliphatic rings. The fraction of sp³-hybridized carbons (Fsp3) is 0.677. The molecule has 0 bridgehead atoms. The first kappa shape index (κ1) is 25.7. The van der Waals surface area contributed by atoms with Gasteiger partial charge in [0.15, 0.2) is 6.23 Å². The molecule has 4 fully saturated rings. The number of allylic oxidation sites excluding steroid dienone is 1. The van der Waals surface area contributed by atoms with Gasteiger partial charge in [0, 0.05) is 36.9 Å². The summed E-state index contributed by atoms with van der Waals surface area (Å²) in [7, 11) is 0. The third-order valence-electron chi connectivity index (χ3n) is 10.1. The van der Waals surface area contributed by atoms with E-state index in [-0.39, 0.29) is 17.8 Å². The second-order valence-corrected chi connectivity index (χ2v) is 12.4. The highest BCUT2D eigenvalue weighted by Crippen LogP contribution is 2.42. The van der Waals surface area contributed by atoms with Crippen LogP contribution >= 0.6 is 0 Å². The highest BCUT2D eigenvalue weighted by Gasteiger charge is 2.51. The topological polar surface area (TPSA) is 80.7 Å². The molecular formula is C31H43N5O3. The van der Waals surface area contributed by atoms with Crippen LogP contribution in [0.3, 0.4) is 0 Å². The van der Waals surface area contributed by atoms with Gasteiger partial charge in [0.1, 0.15) is 5.66 Å². The zero-order chi connectivity index (χ0) is 26.2. The molecule has 1 aromatic carbocycles. The zero-order valence-electron chi connectivity index (χ0n) is 23.0. The van der Waals surface area contributed by atoms with Crippen LogP contribution in [0.1, 0.15) is 88.5 Å². The van der Waals surface area contributed by atoms with Crippen LogP contribution in [-0.2, 0) is 14.4 Å². The van der Waals surface area contributed by atoms with E-state index in [4.69, 9.17) is 14.7 Å². The molecule has 3 aliphatic heterocycles. The number of benzene rings is 1. The van der Waals surface area contributed by atoms with E-state index in [1.807, 2.05) is 6.20 Å². The van der Waals surface area contributed by atoms with Crippen LogP contribution in [0.25, 0.3) is 10.9 Å². The number of nitrogens with zero attached hydrogens (tertiary/aromatic N) is 3. The molecule has 3 unspecified atom stereocenters. The van der Waals surface area contributed by atoms with E-state index >= 15 is 0 Å². The van der Waals surface area contributed by atoms with Crippen molar-refractivity contribution in [3.63, 3.8) is 0 Å². The van der Waals surface area contributed by atoms with E-state index in [9.17, 15) is 4.79 Å². The Labute approximate surface area is 231 Å². The summed E-state index contributed by atoms with van der Waals surface area (Å²) in [6.45, 7) is 3.22. The Hall–Kier alpha value is -2.26. The van der Waals surface area contributed by atoms with Crippen LogP contribution in [0.2, 0.25) is 0 Å². The van der Waals surface area contributed by atoms with Gasteiger partial charge in [-0.05, 0) is 68.9 Å². The van der Waals surface area contributed by atoms with Gasteiger partial charge in [0.25, 0.3) is 0 Å². The molecule has 1 aromatic heterocycles. The number of rotatable bonds is 5. The fourth-order valence-corrected chi connectivity index (χ4v) is 7.50. The van der Waals surface area contributed by atoms with Gasteiger partial charge in [0.2, 0.25) is 5.91 Å². The number of fused-ring (bicyclic) bond motifs is 1. The Kier molecular flexibility index (Phi) is 7.22. The van der Waals surface area contributed by atoms with Crippen molar-refractivity contribution in [2.24, 2.45) is 17.8 Å². The maximum Gasteiger partial charge on any atom is 0.225 e. The minimum atomic E-state index is -0.349. The normalized spacial score (nSPS) is 33.6. The minimum Gasteiger partial charge on any atom is -0.379 e. The first-order valence-electron chi connectivity index (χ1n) is 15.4. The summed E-state index contributed by atoms with van der Waals surface area (Å²) in [6, 6.07) is 6.86. The molecule has 2 aliphatic carbocycles. The molecule has 210 valence electrons. The second kappa shape index (κ2) is 11.0. The van der Waals surface area contributed by atoms with E-state index in [0.717, 1.165) is 87.7 Å². The SMILES string of the molecule is O=C(C1CCC1)N1CCC(C2(C3/C=C\CCCCC3)NOC(c3ccc4cnn([C@@H]5CCOC5)c4c3)N2)CC1. The monoisotopic (exact) mass is 533 g/mol. The van der Waals surface area contributed by atoms with Crippen molar-refractivity contribution in [1.29, 1.82) is 0 Å². The number of aromatic nitrogens is 2. The maximum atomic E-state index is 13.0. The number of likely N-dealkylation sites (tertiary alicyclic amines) is 1. The lowest BCUT2D eigenvalue weighted by atomic mass is 9.73. The molecule has 39 heavy (non-hydrogen) atoms. The lowest BCUT2D eigenvalue weighted by molar-refractivity contribution is -0.140. The standard InChI is InChI=1S/C31H43N5O3/c37-30(22-7-6-8-22)35-16-13-26(14-17-35)31(25-9-4-2-1-3-5-10-25)33-29(39-34-31)23-11-12-24-20-32-36(28(24)19-23)27-15-18-38-21-27/h4,9,11-12,19-20,22,25-27,29,33-34H,1-3,5-8,10,13-18,21H2/b9-4-/t25?,27-,29?,31?/m1/s1. The van der Waals surface area contributed by atoms with Gasteiger partial charge in [-0.15, -0.1) is 0 Å². The number of hydroxylamine groups is 1. The van der Waals surface area contributed by atoms with Crippen molar-refractivity contribution in [2.45, 2.75) is 88.6 Å².